The van der Waals surface area contributed by atoms with Crippen molar-refractivity contribution in [3.8, 4) is 0 Å². The number of amides is 1. The zero-order valence-corrected chi connectivity index (χ0v) is 16.0. The third-order valence-corrected chi connectivity index (χ3v) is 4.95. The molecule has 0 bridgehead atoms. The first-order valence-electron chi connectivity index (χ1n) is 9.72. The largest absolute Gasteiger partial charge is 0.379 e. The number of carbonyl (C=O) groups excluding carboxylic acids is 1. The van der Waals surface area contributed by atoms with Gasteiger partial charge in [0.1, 0.15) is 5.56 Å². The van der Waals surface area contributed by atoms with Gasteiger partial charge in [-0.05, 0) is 49.2 Å². The minimum Gasteiger partial charge on any atom is -0.379 e. The van der Waals surface area contributed by atoms with E-state index in [1.54, 1.807) is 12.3 Å². The molecule has 148 valence electrons. The average Bonchev–Trinajstić information content (AvgIpc) is 3.28. The summed E-state index contributed by atoms with van der Waals surface area (Å²) in [6, 6.07) is 15.0. The number of H-pyrrole nitrogens is 1. The van der Waals surface area contributed by atoms with Crippen LogP contribution in [0.2, 0.25) is 0 Å². The van der Waals surface area contributed by atoms with Crippen molar-refractivity contribution in [1.29, 1.82) is 0 Å². The lowest BCUT2D eigenvalue weighted by Crippen LogP contribution is -2.25. The molecule has 0 atom stereocenters. The van der Waals surface area contributed by atoms with Gasteiger partial charge in [0.05, 0.1) is 17.9 Å². The van der Waals surface area contributed by atoms with Crippen LogP contribution in [0.1, 0.15) is 28.9 Å². The molecule has 0 saturated carbocycles. The number of rotatable bonds is 6. The van der Waals surface area contributed by atoms with Gasteiger partial charge in [-0.3, -0.25) is 14.6 Å². The predicted molar refractivity (Wildman–Crippen MR) is 114 cm³/mol. The highest BCUT2D eigenvalue weighted by atomic mass is 16.2. The van der Waals surface area contributed by atoms with E-state index in [9.17, 15) is 9.59 Å². The lowest BCUT2D eigenvalue weighted by molar-refractivity contribution is 0.102. The molecular weight excluding hydrogens is 366 g/mol. The van der Waals surface area contributed by atoms with Crippen molar-refractivity contribution in [3.63, 3.8) is 0 Å². The number of pyridine rings is 2. The monoisotopic (exact) mass is 389 g/mol. The smallest absolute Gasteiger partial charge is 0.263 e. The van der Waals surface area contributed by atoms with Crippen LogP contribution in [-0.2, 0) is 6.54 Å². The summed E-state index contributed by atoms with van der Waals surface area (Å²) >= 11 is 0. The van der Waals surface area contributed by atoms with E-state index in [4.69, 9.17) is 0 Å². The quantitative estimate of drug-likeness (QED) is 0.602. The second kappa shape index (κ2) is 8.60. The van der Waals surface area contributed by atoms with Crippen LogP contribution < -0.4 is 21.1 Å². The summed E-state index contributed by atoms with van der Waals surface area (Å²) in [6.07, 6.45) is 5.59. The highest BCUT2D eigenvalue weighted by Gasteiger charge is 2.17. The van der Waals surface area contributed by atoms with Crippen molar-refractivity contribution < 1.29 is 4.79 Å². The van der Waals surface area contributed by atoms with Gasteiger partial charge in [0.2, 0.25) is 0 Å². The zero-order chi connectivity index (χ0) is 20.1. The highest BCUT2D eigenvalue weighted by molar-refractivity contribution is 6.07. The third kappa shape index (κ3) is 4.45. The fourth-order valence-corrected chi connectivity index (χ4v) is 3.49. The van der Waals surface area contributed by atoms with Crippen LogP contribution in [0.3, 0.4) is 0 Å². The molecular formula is C22H23N5O2. The van der Waals surface area contributed by atoms with E-state index in [2.05, 4.69) is 25.5 Å². The van der Waals surface area contributed by atoms with Gasteiger partial charge in [-0.15, -0.1) is 0 Å². The topological polar surface area (TPSA) is 90.1 Å². The second-order valence-corrected chi connectivity index (χ2v) is 6.97. The fourth-order valence-electron chi connectivity index (χ4n) is 3.49. The van der Waals surface area contributed by atoms with Crippen molar-refractivity contribution in [2.45, 2.75) is 19.4 Å². The van der Waals surface area contributed by atoms with E-state index in [0.29, 0.717) is 17.9 Å². The molecule has 0 aliphatic carbocycles. The van der Waals surface area contributed by atoms with E-state index in [1.807, 2.05) is 42.5 Å². The van der Waals surface area contributed by atoms with E-state index in [1.165, 1.54) is 19.0 Å². The van der Waals surface area contributed by atoms with Crippen LogP contribution in [-0.4, -0.2) is 29.0 Å². The number of hydrogen-bond acceptors (Lipinski definition) is 5. The Hall–Kier alpha value is -3.61. The minimum absolute atomic E-state index is 0.0509. The molecule has 7 nitrogen and oxygen atoms in total. The average molecular weight is 389 g/mol. The lowest BCUT2D eigenvalue weighted by Gasteiger charge is -2.18. The Morgan fingerprint density at radius 1 is 1.10 bits per heavy atom. The Kier molecular flexibility index (Phi) is 5.56. The summed E-state index contributed by atoms with van der Waals surface area (Å²) in [5, 5.41) is 6.00. The first-order valence-corrected chi connectivity index (χ1v) is 9.72. The van der Waals surface area contributed by atoms with E-state index in [-0.39, 0.29) is 5.56 Å². The van der Waals surface area contributed by atoms with Gasteiger partial charge >= 0.3 is 0 Å². The van der Waals surface area contributed by atoms with E-state index < -0.39 is 11.5 Å². The van der Waals surface area contributed by atoms with Gasteiger partial charge in [0, 0.05) is 36.9 Å². The van der Waals surface area contributed by atoms with Gasteiger partial charge in [-0.1, -0.05) is 12.1 Å². The molecule has 1 saturated heterocycles. The third-order valence-electron chi connectivity index (χ3n) is 4.95. The molecule has 1 aromatic carbocycles. The molecule has 0 unspecified atom stereocenters. The first-order chi connectivity index (χ1) is 14.2. The predicted octanol–water partition coefficient (Wildman–Crippen LogP) is 3.23. The number of benzene rings is 1. The Bertz CT molecular complexity index is 1040. The Morgan fingerprint density at radius 2 is 1.97 bits per heavy atom. The molecule has 1 amide bonds. The second-order valence-electron chi connectivity index (χ2n) is 6.97. The normalized spacial score (nSPS) is 13.3. The van der Waals surface area contributed by atoms with Crippen LogP contribution in [0, 0.1) is 0 Å². The number of carbonyl (C=O) groups is 1. The van der Waals surface area contributed by atoms with Crippen LogP contribution in [0.15, 0.2) is 65.7 Å². The van der Waals surface area contributed by atoms with Crippen LogP contribution in [0.5, 0.6) is 0 Å². The van der Waals surface area contributed by atoms with Gasteiger partial charge < -0.3 is 20.5 Å². The van der Waals surface area contributed by atoms with E-state index >= 15 is 0 Å². The minimum atomic E-state index is -0.450. The molecule has 29 heavy (non-hydrogen) atoms. The van der Waals surface area contributed by atoms with Crippen molar-refractivity contribution in [1.82, 2.24) is 9.97 Å². The summed E-state index contributed by atoms with van der Waals surface area (Å²) < 4.78 is 0. The summed E-state index contributed by atoms with van der Waals surface area (Å²) in [5.74, 6) is -0.450. The molecule has 2 aromatic heterocycles. The molecule has 0 spiro atoms. The van der Waals surface area contributed by atoms with Gasteiger partial charge in [-0.25, -0.2) is 0 Å². The highest BCUT2D eigenvalue weighted by Crippen LogP contribution is 2.24. The molecule has 1 fully saturated rings. The van der Waals surface area contributed by atoms with Crippen LogP contribution in [0.4, 0.5) is 17.1 Å². The van der Waals surface area contributed by atoms with Gasteiger partial charge in [0.25, 0.3) is 11.5 Å². The number of nitrogens with zero attached hydrogens (tertiary/aromatic N) is 2. The number of nitrogens with one attached hydrogen (secondary N) is 3. The standard InChI is InChI=1S/C22H23N5O2/c28-21-20(19(9-11-24-21)25-15-17-6-1-2-10-23-17)22(29)26-16-7-5-8-18(14-16)27-12-3-4-13-27/h1-2,5-11,14H,3-4,12-13,15H2,(H,26,29)(H2,24,25,28). The maximum atomic E-state index is 12.9. The van der Waals surface area contributed by atoms with E-state index in [0.717, 1.165) is 24.5 Å². The Morgan fingerprint density at radius 3 is 2.76 bits per heavy atom. The van der Waals surface area contributed by atoms with Gasteiger partial charge in [0.15, 0.2) is 0 Å². The summed E-state index contributed by atoms with van der Waals surface area (Å²) in [5.41, 5.74) is 2.64. The van der Waals surface area contributed by atoms with Crippen LogP contribution >= 0.6 is 0 Å². The van der Waals surface area contributed by atoms with Crippen LogP contribution in [0.25, 0.3) is 0 Å². The molecule has 3 aromatic rings. The van der Waals surface area contributed by atoms with Crippen molar-refractivity contribution in [3.05, 3.63) is 82.5 Å². The number of aromatic amines is 1. The SMILES string of the molecule is O=C(Nc1cccc(N2CCCC2)c1)c1c(NCc2ccccn2)cc[nH]c1=O. The maximum absolute atomic E-state index is 12.9. The maximum Gasteiger partial charge on any atom is 0.263 e. The summed E-state index contributed by atoms with van der Waals surface area (Å²) in [6.45, 7) is 2.46. The zero-order valence-electron chi connectivity index (χ0n) is 16.0. The fraction of sp³-hybridized carbons (Fsp3) is 0.227. The molecule has 3 heterocycles. The first kappa shape index (κ1) is 18.7. The number of anilines is 3. The lowest BCUT2D eigenvalue weighted by atomic mass is 10.2. The summed E-state index contributed by atoms with van der Waals surface area (Å²) in [4.78, 5) is 34.4. The van der Waals surface area contributed by atoms with Crippen molar-refractivity contribution in [2.75, 3.05) is 28.6 Å². The molecule has 4 rings (SSSR count). The van der Waals surface area contributed by atoms with Crippen molar-refractivity contribution in [2.24, 2.45) is 0 Å². The number of aromatic nitrogens is 2. The molecule has 7 heteroatoms. The van der Waals surface area contributed by atoms with Crippen molar-refractivity contribution >= 4 is 23.0 Å². The molecule has 1 aliphatic rings. The molecule has 0 radical (unpaired) electrons. The van der Waals surface area contributed by atoms with Gasteiger partial charge in [-0.2, -0.15) is 0 Å². The number of hydrogen-bond donors (Lipinski definition) is 3. The Balaban J connectivity index is 1.52. The Labute approximate surface area is 168 Å². The molecule has 3 N–H and O–H groups in total. The summed E-state index contributed by atoms with van der Waals surface area (Å²) in [7, 11) is 0. The molecule has 1 aliphatic heterocycles.